The van der Waals surface area contributed by atoms with Crippen molar-refractivity contribution in [2.45, 2.75) is 20.1 Å². The van der Waals surface area contributed by atoms with Crippen LogP contribution in [0.25, 0.3) is 0 Å². The Bertz CT molecular complexity index is 422. The first-order chi connectivity index (χ1) is 9.08. The van der Waals surface area contributed by atoms with Gasteiger partial charge in [0.1, 0.15) is 5.82 Å². The van der Waals surface area contributed by atoms with Crippen LogP contribution in [0.5, 0.6) is 0 Å². The summed E-state index contributed by atoms with van der Waals surface area (Å²) in [7, 11) is 0. The van der Waals surface area contributed by atoms with Crippen molar-refractivity contribution in [3.63, 3.8) is 0 Å². The van der Waals surface area contributed by atoms with Gasteiger partial charge in [-0.25, -0.2) is 4.39 Å². The van der Waals surface area contributed by atoms with Crippen LogP contribution in [0.3, 0.4) is 0 Å². The predicted octanol–water partition coefficient (Wildman–Crippen LogP) is 2.56. The van der Waals surface area contributed by atoms with Crippen LogP contribution < -0.4 is 5.32 Å². The van der Waals surface area contributed by atoms with Gasteiger partial charge in [-0.1, -0.05) is 0 Å². The number of hydrogen-bond donors (Lipinski definition) is 1. The number of carbonyl (C=O) groups is 1. The van der Waals surface area contributed by atoms with Crippen molar-refractivity contribution in [3.8, 4) is 0 Å². The summed E-state index contributed by atoms with van der Waals surface area (Å²) in [5.41, 5.74) is 0.439. The topological polar surface area (TPSA) is 47.6 Å². The first-order valence-electron chi connectivity index (χ1n) is 6.04. The van der Waals surface area contributed by atoms with Crippen molar-refractivity contribution in [3.05, 3.63) is 33.1 Å². The Morgan fingerprint density at radius 1 is 1.37 bits per heavy atom. The number of rotatable bonds is 7. The molecule has 0 aromatic heterocycles. The summed E-state index contributed by atoms with van der Waals surface area (Å²) in [6, 6.07) is 4.04. The molecule has 1 amide bonds. The van der Waals surface area contributed by atoms with E-state index in [0.29, 0.717) is 22.3 Å². The van der Waals surface area contributed by atoms with E-state index in [1.165, 1.54) is 18.2 Å². The fraction of sp³-hybridized carbons (Fsp3) is 0.462. The van der Waals surface area contributed by atoms with Crippen LogP contribution in [-0.4, -0.2) is 32.0 Å². The molecule has 19 heavy (non-hydrogen) atoms. The Balaban J connectivity index is 2.58. The smallest absolute Gasteiger partial charge is 0.252 e. The van der Waals surface area contributed by atoms with E-state index in [1.807, 2.05) is 36.4 Å². The second kappa shape index (κ2) is 8.44. The molecule has 0 aliphatic heterocycles. The Hall–Kier alpha value is -0.730. The number of benzene rings is 1. The molecule has 0 saturated heterocycles. The van der Waals surface area contributed by atoms with Gasteiger partial charge in [-0.05, 0) is 54.6 Å². The number of amides is 1. The quantitative estimate of drug-likeness (QED) is 0.584. The van der Waals surface area contributed by atoms with Gasteiger partial charge in [-0.3, -0.25) is 4.79 Å². The van der Waals surface area contributed by atoms with Crippen LogP contribution in [0.4, 0.5) is 4.39 Å². The fourth-order valence-electron chi connectivity index (χ4n) is 1.48. The molecule has 106 valence electrons. The van der Waals surface area contributed by atoms with Crippen molar-refractivity contribution < 1.29 is 18.7 Å². The Kier molecular flexibility index (Phi) is 7.25. The van der Waals surface area contributed by atoms with Gasteiger partial charge in [-0.15, -0.1) is 0 Å². The number of halogens is 2. The minimum atomic E-state index is -0.461. The zero-order valence-electron chi connectivity index (χ0n) is 10.9. The van der Waals surface area contributed by atoms with Gasteiger partial charge in [-0.2, -0.15) is 0 Å². The van der Waals surface area contributed by atoms with Crippen LogP contribution in [0.15, 0.2) is 18.2 Å². The molecule has 1 aromatic carbocycles. The average Bonchev–Trinajstić information content (AvgIpc) is 2.36. The molecule has 0 saturated carbocycles. The Morgan fingerprint density at radius 2 is 2.00 bits per heavy atom. The average molecular weight is 381 g/mol. The van der Waals surface area contributed by atoms with Crippen molar-refractivity contribution in [2.24, 2.45) is 0 Å². The van der Waals surface area contributed by atoms with Crippen LogP contribution in [-0.2, 0) is 9.47 Å². The Labute approximate surface area is 125 Å². The molecule has 4 nitrogen and oxygen atoms in total. The number of ether oxygens (including phenoxy) is 2. The highest BCUT2D eigenvalue weighted by Gasteiger charge is 2.13. The predicted molar refractivity (Wildman–Crippen MR) is 78.5 cm³/mol. The summed E-state index contributed by atoms with van der Waals surface area (Å²) in [5.74, 6) is -0.628. The van der Waals surface area contributed by atoms with Gasteiger partial charge >= 0.3 is 0 Å². The number of nitrogens with one attached hydrogen (secondary N) is 1. The van der Waals surface area contributed by atoms with Gasteiger partial charge in [0.05, 0.1) is 12.1 Å². The molecule has 1 rings (SSSR count). The molecule has 0 fully saturated rings. The molecular weight excluding hydrogens is 364 g/mol. The molecule has 0 aliphatic rings. The van der Waals surface area contributed by atoms with Gasteiger partial charge in [0.15, 0.2) is 6.29 Å². The molecule has 1 aromatic rings. The maximum atomic E-state index is 12.9. The normalized spacial score (nSPS) is 10.8. The second-order valence-corrected chi connectivity index (χ2v) is 4.84. The van der Waals surface area contributed by atoms with Crippen LogP contribution >= 0.6 is 22.6 Å². The molecule has 0 radical (unpaired) electrons. The van der Waals surface area contributed by atoms with E-state index in [9.17, 15) is 9.18 Å². The molecule has 0 heterocycles. The van der Waals surface area contributed by atoms with Crippen LogP contribution in [0.2, 0.25) is 0 Å². The van der Waals surface area contributed by atoms with E-state index in [0.717, 1.165) is 0 Å². The monoisotopic (exact) mass is 381 g/mol. The van der Waals surface area contributed by atoms with E-state index >= 15 is 0 Å². The van der Waals surface area contributed by atoms with E-state index < -0.39 is 6.29 Å². The third-order valence-electron chi connectivity index (χ3n) is 2.31. The molecule has 0 aliphatic carbocycles. The molecule has 0 atom stereocenters. The summed E-state index contributed by atoms with van der Waals surface area (Å²) < 4.78 is 24.2. The molecule has 1 N–H and O–H groups in total. The maximum absolute atomic E-state index is 12.9. The number of carbonyl (C=O) groups excluding carboxylic acids is 1. The standard InChI is InChI=1S/C13H17FINO3/c1-3-18-12(19-4-2)8-16-13(17)10-6-5-9(14)7-11(10)15/h5-7,12H,3-4,8H2,1-2H3,(H,16,17). The Morgan fingerprint density at radius 3 is 2.53 bits per heavy atom. The van der Waals surface area contributed by atoms with E-state index in [2.05, 4.69) is 5.32 Å². The first-order valence-corrected chi connectivity index (χ1v) is 7.12. The highest BCUT2D eigenvalue weighted by Crippen LogP contribution is 2.13. The van der Waals surface area contributed by atoms with Crippen molar-refractivity contribution in [1.82, 2.24) is 5.32 Å². The lowest BCUT2D eigenvalue weighted by Crippen LogP contribution is -2.35. The van der Waals surface area contributed by atoms with Gasteiger partial charge in [0, 0.05) is 16.8 Å². The summed E-state index contributed by atoms with van der Waals surface area (Å²) in [6.45, 7) is 4.99. The SMILES string of the molecule is CCOC(CNC(=O)c1ccc(F)cc1I)OCC. The van der Waals surface area contributed by atoms with Crippen LogP contribution in [0.1, 0.15) is 24.2 Å². The first kappa shape index (κ1) is 16.3. The zero-order valence-corrected chi connectivity index (χ0v) is 13.1. The van der Waals surface area contributed by atoms with Crippen LogP contribution in [0, 0.1) is 9.39 Å². The maximum Gasteiger partial charge on any atom is 0.252 e. The number of hydrogen-bond acceptors (Lipinski definition) is 3. The lowest BCUT2D eigenvalue weighted by molar-refractivity contribution is -0.131. The van der Waals surface area contributed by atoms with E-state index in [4.69, 9.17) is 9.47 Å². The lowest BCUT2D eigenvalue weighted by atomic mass is 10.2. The van der Waals surface area contributed by atoms with Crippen molar-refractivity contribution in [2.75, 3.05) is 19.8 Å². The summed E-state index contributed by atoms with van der Waals surface area (Å²) in [6.07, 6.45) is -0.461. The summed E-state index contributed by atoms with van der Waals surface area (Å²) >= 11 is 1.93. The molecular formula is C13H17FINO3. The second-order valence-electron chi connectivity index (χ2n) is 3.67. The molecule has 6 heteroatoms. The minimum Gasteiger partial charge on any atom is -0.351 e. The highest BCUT2D eigenvalue weighted by molar-refractivity contribution is 14.1. The van der Waals surface area contributed by atoms with Gasteiger partial charge in [0.2, 0.25) is 0 Å². The van der Waals surface area contributed by atoms with Crippen molar-refractivity contribution in [1.29, 1.82) is 0 Å². The van der Waals surface area contributed by atoms with Gasteiger partial charge < -0.3 is 14.8 Å². The lowest BCUT2D eigenvalue weighted by Gasteiger charge is -2.17. The third kappa shape index (κ3) is 5.42. The molecule has 0 bridgehead atoms. The zero-order chi connectivity index (χ0) is 14.3. The largest absolute Gasteiger partial charge is 0.351 e. The third-order valence-corrected chi connectivity index (χ3v) is 3.20. The molecule has 0 unspecified atom stereocenters. The highest BCUT2D eigenvalue weighted by atomic mass is 127. The summed E-state index contributed by atoms with van der Waals surface area (Å²) in [4.78, 5) is 11.9. The molecule has 0 spiro atoms. The minimum absolute atomic E-state index is 0.258. The summed E-state index contributed by atoms with van der Waals surface area (Å²) in [5, 5.41) is 2.71. The van der Waals surface area contributed by atoms with E-state index in [-0.39, 0.29) is 18.3 Å². The fourth-order valence-corrected chi connectivity index (χ4v) is 2.20. The van der Waals surface area contributed by atoms with Gasteiger partial charge in [0.25, 0.3) is 5.91 Å². The van der Waals surface area contributed by atoms with Crippen molar-refractivity contribution >= 4 is 28.5 Å². The van der Waals surface area contributed by atoms with E-state index in [1.54, 1.807) is 0 Å².